The predicted molar refractivity (Wildman–Crippen MR) is 119 cm³/mol. The van der Waals surface area contributed by atoms with Crippen LogP contribution in [0.3, 0.4) is 0 Å². The molecule has 0 bridgehead atoms. The molecule has 0 radical (unpaired) electrons. The number of carbonyl (C=O) groups excluding carboxylic acids is 2. The van der Waals surface area contributed by atoms with Crippen LogP contribution in [0.5, 0.6) is 0 Å². The molecule has 0 saturated heterocycles. The summed E-state index contributed by atoms with van der Waals surface area (Å²) in [5, 5.41) is 6.05. The summed E-state index contributed by atoms with van der Waals surface area (Å²) in [5.41, 5.74) is 8.80. The van der Waals surface area contributed by atoms with Crippen LogP contribution >= 0.6 is 0 Å². The van der Waals surface area contributed by atoms with E-state index in [0.29, 0.717) is 12.1 Å². The van der Waals surface area contributed by atoms with Gasteiger partial charge in [-0.15, -0.1) is 0 Å². The van der Waals surface area contributed by atoms with E-state index in [1.54, 1.807) is 19.1 Å². The molecule has 0 heterocycles. The quantitative estimate of drug-likeness (QED) is 0.564. The fraction of sp³-hybridized carbons (Fsp3) is 0.364. The number of hydrogen-bond donors (Lipinski definition) is 3. The van der Waals surface area contributed by atoms with E-state index in [2.05, 4.69) is 10.6 Å². The first-order valence-corrected chi connectivity index (χ1v) is 11.8. The van der Waals surface area contributed by atoms with Gasteiger partial charge in [-0.3, -0.25) is 9.59 Å². The molecule has 8 heteroatoms. The standard InChI is InChI=1S/C22H29N3O4S/c1-14-7-5-6-8-18(14)16(3)25-20-10-9-17(13-19(20)21(23)26)22(27)24-15(2)11-12-30(4,28)29/h5-10,13,15-16,25H,11-12H2,1-4H3,(H2,23,26)(H,24,27)/t15-,16+/m1/s1. The lowest BCUT2D eigenvalue weighted by Gasteiger charge is -2.20. The van der Waals surface area contributed by atoms with Crippen LogP contribution in [-0.4, -0.2) is 38.3 Å². The van der Waals surface area contributed by atoms with Gasteiger partial charge in [0, 0.05) is 29.6 Å². The second-order valence-electron chi connectivity index (χ2n) is 7.64. The summed E-state index contributed by atoms with van der Waals surface area (Å²) >= 11 is 0. The molecule has 2 atom stereocenters. The Morgan fingerprint density at radius 3 is 2.37 bits per heavy atom. The SMILES string of the molecule is Cc1ccccc1[C@H](C)Nc1ccc(C(=O)N[C@H](C)CCS(C)(=O)=O)cc1C(N)=O. The van der Waals surface area contributed by atoms with Crippen LogP contribution in [0.1, 0.15) is 58.2 Å². The first kappa shape index (κ1) is 23.4. The Morgan fingerprint density at radius 2 is 1.77 bits per heavy atom. The van der Waals surface area contributed by atoms with E-state index in [0.717, 1.165) is 17.4 Å². The van der Waals surface area contributed by atoms with Crippen LogP contribution in [0.2, 0.25) is 0 Å². The third-order valence-electron chi connectivity index (χ3n) is 4.87. The molecule has 162 valence electrons. The van der Waals surface area contributed by atoms with Crippen LogP contribution in [0.4, 0.5) is 5.69 Å². The molecule has 0 aliphatic rings. The predicted octanol–water partition coefficient (Wildman–Crippen LogP) is 2.82. The number of anilines is 1. The number of nitrogens with two attached hydrogens (primary N) is 1. The number of aryl methyl sites for hydroxylation is 1. The van der Waals surface area contributed by atoms with Crippen molar-refractivity contribution in [2.45, 2.75) is 39.3 Å². The minimum atomic E-state index is -3.10. The summed E-state index contributed by atoms with van der Waals surface area (Å²) < 4.78 is 22.6. The van der Waals surface area contributed by atoms with Gasteiger partial charge in [0.25, 0.3) is 11.8 Å². The number of sulfone groups is 1. The van der Waals surface area contributed by atoms with Crippen LogP contribution < -0.4 is 16.4 Å². The van der Waals surface area contributed by atoms with Crippen molar-refractivity contribution in [2.24, 2.45) is 5.73 Å². The summed E-state index contributed by atoms with van der Waals surface area (Å²) in [5.74, 6) is -1.05. The fourth-order valence-corrected chi connectivity index (χ4v) is 3.95. The van der Waals surface area contributed by atoms with Gasteiger partial charge in [0.1, 0.15) is 9.84 Å². The highest BCUT2D eigenvalue weighted by molar-refractivity contribution is 7.90. The first-order chi connectivity index (χ1) is 14.0. The average Bonchev–Trinajstić information content (AvgIpc) is 2.66. The first-order valence-electron chi connectivity index (χ1n) is 9.72. The van der Waals surface area contributed by atoms with Gasteiger partial charge in [-0.25, -0.2) is 8.42 Å². The minimum Gasteiger partial charge on any atom is -0.378 e. The van der Waals surface area contributed by atoms with Crippen molar-refractivity contribution < 1.29 is 18.0 Å². The molecule has 30 heavy (non-hydrogen) atoms. The molecule has 2 amide bonds. The van der Waals surface area contributed by atoms with Crippen molar-refractivity contribution in [2.75, 3.05) is 17.3 Å². The normalized spacial score (nSPS) is 13.3. The lowest BCUT2D eigenvalue weighted by Crippen LogP contribution is -2.34. The molecule has 0 spiro atoms. The van der Waals surface area contributed by atoms with Gasteiger partial charge < -0.3 is 16.4 Å². The van der Waals surface area contributed by atoms with Crippen molar-refractivity contribution in [3.63, 3.8) is 0 Å². The van der Waals surface area contributed by atoms with Crippen molar-refractivity contribution in [1.82, 2.24) is 5.32 Å². The van der Waals surface area contributed by atoms with Crippen molar-refractivity contribution >= 4 is 27.3 Å². The van der Waals surface area contributed by atoms with E-state index in [1.165, 1.54) is 6.07 Å². The molecule has 0 saturated carbocycles. The molecule has 4 N–H and O–H groups in total. The van der Waals surface area contributed by atoms with E-state index >= 15 is 0 Å². The Bertz CT molecular complexity index is 1030. The van der Waals surface area contributed by atoms with E-state index < -0.39 is 21.7 Å². The molecular weight excluding hydrogens is 402 g/mol. The molecule has 0 fully saturated rings. The average molecular weight is 432 g/mol. The highest BCUT2D eigenvalue weighted by Crippen LogP contribution is 2.25. The number of hydrogen-bond acceptors (Lipinski definition) is 5. The highest BCUT2D eigenvalue weighted by Gasteiger charge is 2.17. The highest BCUT2D eigenvalue weighted by atomic mass is 32.2. The van der Waals surface area contributed by atoms with E-state index in [-0.39, 0.29) is 29.0 Å². The van der Waals surface area contributed by atoms with Gasteiger partial charge >= 0.3 is 0 Å². The van der Waals surface area contributed by atoms with Crippen LogP contribution in [-0.2, 0) is 9.84 Å². The van der Waals surface area contributed by atoms with Gasteiger partial charge in [-0.2, -0.15) is 0 Å². The summed E-state index contributed by atoms with van der Waals surface area (Å²) in [6, 6.07) is 12.3. The Balaban J connectivity index is 2.17. The maximum atomic E-state index is 12.5. The van der Waals surface area contributed by atoms with Crippen molar-refractivity contribution in [3.8, 4) is 0 Å². The fourth-order valence-electron chi connectivity index (χ4n) is 3.17. The van der Waals surface area contributed by atoms with Gasteiger partial charge in [-0.05, 0) is 56.5 Å². The van der Waals surface area contributed by atoms with Gasteiger partial charge in [0.15, 0.2) is 0 Å². The lowest BCUT2D eigenvalue weighted by atomic mass is 10.0. The van der Waals surface area contributed by atoms with Gasteiger partial charge in [-0.1, -0.05) is 24.3 Å². The zero-order chi connectivity index (χ0) is 22.5. The van der Waals surface area contributed by atoms with Crippen LogP contribution in [0.25, 0.3) is 0 Å². The van der Waals surface area contributed by atoms with Gasteiger partial charge in [0.2, 0.25) is 0 Å². The largest absolute Gasteiger partial charge is 0.378 e. The summed E-state index contributed by atoms with van der Waals surface area (Å²) in [6.07, 6.45) is 1.46. The monoisotopic (exact) mass is 431 g/mol. The van der Waals surface area contributed by atoms with E-state index in [1.807, 2.05) is 38.1 Å². The Hall–Kier alpha value is -2.87. The maximum Gasteiger partial charge on any atom is 0.251 e. The second-order valence-corrected chi connectivity index (χ2v) is 9.90. The minimum absolute atomic E-state index is 0.0133. The van der Waals surface area contributed by atoms with Crippen molar-refractivity contribution in [1.29, 1.82) is 0 Å². The zero-order valence-corrected chi connectivity index (χ0v) is 18.5. The molecule has 0 aliphatic carbocycles. The number of rotatable bonds is 9. The molecule has 2 rings (SSSR count). The second kappa shape index (κ2) is 9.75. The van der Waals surface area contributed by atoms with Gasteiger partial charge in [0.05, 0.1) is 11.3 Å². The Morgan fingerprint density at radius 1 is 1.10 bits per heavy atom. The van der Waals surface area contributed by atoms with E-state index in [4.69, 9.17) is 5.73 Å². The van der Waals surface area contributed by atoms with Crippen molar-refractivity contribution in [3.05, 3.63) is 64.7 Å². The molecule has 0 aromatic heterocycles. The summed E-state index contributed by atoms with van der Waals surface area (Å²) in [4.78, 5) is 24.5. The third-order valence-corrected chi connectivity index (χ3v) is 5.85. The topological polar surface area (TPSA) is 118 Å². The third kappa shape index (κ3) is 6.59. The molecule has 2 aromatic carbocycles. The zero-order valence-electron chi connectivity index (χ0n) is 17.7. The number of nitrogens with one attached hydrogen (secondary N) is 2. The smallest absolute Gasteiger partial charge is 0.251 e. The van der Waals surface area contributed by atoms with Crippen LogP contribution in [0.15, 0.2) is 42.5 Å². The number of benzene rings is 2. The maximum absolute atomic E-state index is 12.5. The Labute approximate surface area is 178 Å². The number of carbonyl (C=O) groups is 2. The lowest BCUT2D eigenvalue weighted by molar-refractivity contribution is 0.0939. The van der Waals surface area contributed by atoms with E-state index in [9.17, 15) is 18.0 Å². The molecule has 2 aromatic rings. The molecular formula is C22H29N3O4S. The molecule has 7 nitrogen and oxygen atoms in total. The number of primary amides is 1. The Kier molecular flexibility index (Phi) is 7.61. The molecule has 0 aliphatic heterocycles. The van der Waals surface area contributed by atoms with Crippen LogP contribution in [0, 0.1) is 6.92 Å². The molecule has 0 unspecified atom stereocenters. The summed E-state index contributed by atoms with van der Waals surface area (Å²) in [6.45, 7) is 5.73. The number of amides is 2. The summed E-state index contributed by atoms with van der Waals surface area (Å²) in [7, 11) is -3.10.